The van der Waals surface area contributed by atoms with Crippen molar-refractivity contribution < 1.29 is 18.7 Å². The second-order valence-electron chi connectivity index (χ2n) is 8.34. The molecule has 2 aliphatic rings. The fourth-order valence-electron chi connectivity index (χ4n) is 3.51. The van der Waals surface area contributed by atoms with Crippen LogP contribution >= 0.6 is 11.6 Å². The summed E-state index contributed by atoms with van der Waals surface area (Å²) in [5, 5.41) is 3.59. The van der Waals surface area contributed by atoms with Crippen LogP contribution in [0.3, 0.4) is 0 Å². The fourth-order valence-corrected chi connectivity index (χ4v) is 3.75. The molecule has 0 bridgehead atoms. The van der Waals surface area contributed by atoms with Gasteiger partial charge in [0.05, 0.1) is 11.7 Å². The molecule has 2 aromatic carbocycles. The van der Waals surface area contributed by atoms with E-state index in [1.807, 2.05) is 32.9 Å². The van der Waals surface area contributed by atoms with Gasteiger partial charge in [-0.2, -0.15) is 0 Å². The van der Waals surface area contributed by atoms with Gasteiger partial charge >= 0.3 is 6.09 Å². The summed E-state index contributed by atoms with van der Waals surface area (Å²) in [5.41, 5.74) is 0.871. The van der Waals surface area contributed by atoms with Gasteiger partial charge in [-0.3, -0.25) is 0 Å². The fraction of sp³-hybridized carbons (Fsp3) is 0.409. The van der Waals surface area contributed by atoms with Crippen molar-refractivity contribution in [2.45, 2.75) is 51.2 Å². The van der Waals surface area contributed by atoms with Gasteiger partial charge in [0.2, 0.25) is 0 Å². The lowest BCUT2D eigenvalue weighted by molar-refractivity contribution is -0.0104. The molecule has 154 valence electrons. The number of carbonyl (C=O) groups is 1. The zero-order valence-corrected chi connectivity index (χ0v) is 17.4. The summed E-state index contributed by atoms with van der Waals surface area (Å²) < 4.78 is 26.2. The summed E-state index contributed by atoms with van der Waals surface area (Å²) in [4.78, 5) is 14.0. The summed E-state index contributed by atoms with van der Waals surface area (Å²) in [6, 6.07) is 12.2. The minimum Gasteiger partial charge on any atom is -0.444 e. The Labute approximate surface area is 174 Å². The molecular formula is C22H24ClFN2O3. The number of benzene rings is 2. The number of epoxide rings is 1. The first kappa shape index (κ1) is 20.0. The molecule has 2 aromatic rings. The molecule has 7 heteroatoms. The molecule has 29 heavy (non-hydrogen) atoms. The van der Waals surface area contributed by atoms with Gasteiger partial charge in [0.25, 0.3) is 0 Å². The van der Waals surface area contributed by atoms with Gasteiger partial charge in [-0.15, -0.1) is 0 Å². The molecule has 1 amide bonds. The molecule has 4 rings (SSSR count). The van der Waals surface area contributed by atoms with Crippen molar-refractivity contribution in [1.82, 2.24) is 4.90 Å². The van der Waals surface area contributed by atoms with Crippen molar-refractivity contribution in [3.63, 3.8) is 0 Å². The Hall–Kier alpha value is -2.31. The summed E-state index contributed by atoms with van der Waals surface area (Å²) >= 11 is 6.22. The standard InChI is InChI=1S/C22H24ClFN2O3/c1-22(2,3)29-21(27)26-12-11-17(26)19-20(28-19)25-16-10-6-8-14(18(16)24)13-7-4-5-9-15(13)23/h4-10,17,19-20,25H,11-12H2,1-3H3/t17-,19?,20?/m0/s1. The van der Waals surface area contributed by atoms with Crippen LogP contribution in [0.4, 0.5) is 14.9 Å². The van der Waals surface area contributed by atoms with Crippen LogP contribution in [0, 0.1) is 5.82 Å². The van der Waals surface area contributed by atoms with Gasteiger partial charge in [-0.25, -0.2) is 9.18 Å². The number of hydrogen-bond acceptors (Lipinski definition) is 4. The normalized spacial score (nSPS) is 23.3. The third kappa shape index (κ3) is 4.19. The number of halogens is 2. The van der Waals surface area contributed by atoms with Crippen molar-refractivity contribution in [2.24, 2.45) is 0 Å². The Morgan fingerprint density at radius 1 is 1.21 bits per heavy atom. The SMILES string of the molecule is CC(C)(C)OC(=O)N1CC[C@H]1C1OC1Nc1cccc(-c2ccccc2Cl)c1F. The molecular weight excluding hydrogens is 395 g/mol. The van der Waals surface area contributed by atoms with Crippen LogP contribution in [-0.4, -0.2) is 41.5 Å². The molecule has 0 aromatic heterocycles. The maximum Gasteiger partial charge on any atom is 0.410 e. The Bertz CT molecular complexity index is 931. The van der Waals surface area contributed by atoms with Gasteiger partial charge < -0.3 is 19.7 Å². The first-order valence-corrected chi connectivity index (χ1v) is 10.1. The number of amides is 1. The smallest absolute Gasteiger partial charge is 0.410 e. The number of rotatable bonds is 4. The highest BCUT2D eigenvalue weighted by Gasteiger charge is 2.53. The largest absolute Gasteiger partial charge is 0.444 e. The zero-order valence-electron chi connectivity index (χ0n) is 16.6. The predicted octanol–water partition coefficient (Wildman–Crippen LogP) is 5.29. The number of ether oxygens (including phenoxy) is 2. The first-order valence-electron chi connectivity index (χ1n) is 9.69. The third-order valence-electron chi connectivity index (χ3n) is 5.06. The minimum atomic E-state index is -0.540. The number of likely N-dealkylation sites (tertiary alicyclic amines) is 1. The number of nitrogens with zero attached hydrogens (tertiary/aromatic N) is 1. The second-order valence-corrected chi connectivity index (χ2v) is 8.75. The summed E-state index contributed by atoms with van der Waals surface area (Å²) in [7, 11) is 0. The lowest BCUT2D eigenvalue weighted by atomic mass is 10.00. The highest BCUT2D eigenvalue weighted by atomic mass is 35.5. The van der Waals surface area contributed by atoms with Crippen LogP contribution in [-0.2, 0) is 9.47 Å². The van der Waals surface area contributed by atoms with Crippen LogP contribution in [0.25, 0.3) is 11.1 Å². The van der Waals surface area contributed by atoms with Crippen molar-refractivity contribution >= 4 is 23.4 Å². The molecule has 0 spiro atoms. The van der Waals surface area contributed by atoms with Crippen LogP contribution in [0.15, 0.2) is 42.5 Å². The van der Waals surface area contributed by atoms with Crippen molar-refractivity contribution in [2.75, 3.05) is 11.9 Å². The van der Waals surface area contributed by atoms with E-state index in [2.05, 4.69) is 5.32 Å². The van der Waals surface area contributed by atoms with E-state index in [4.69, 9.17) is 21.1 Å². The lowest BCUT2D eigenvalue weighted by Gasteiger charge is -2.40. The van der Waals surface area contributed by atoms with Gasteiger partial charge in [-0.05, 0) is 39.3 Å². The highest BCUT2D eigenvalue weighted by Crippen LogP contribution is 2.38. The Morgan fingerprint density at radius 3 is 2.59 bits per heavy atom. The molecule has 3 atom stereocenters. The van der Waals surface area contributed by atoms with Gasteiger partial charge in [0.1, 0.15) is 11.7 Å². The number of nitrogens with one attached hydrogen (secondary N) is 1. The van der Waals surface area contributed by atoms with E-state index in [-0.39, 0.29) is 30.3 Å². The van der Waals surface area contributed by atoms with E-state index in [1.165, 1.54) is 0 Å². The van der Waals surface area contributed by atoms with E-state index < -0.39 is 5.60 Å². The van der Waals surface area contributed by atoms with Crippen LogP contribution in [0.2, 0.25) is 5.02 Å². The summed E-state index contributed by atoms with van der Waals surface area (Å²) in [5.74, 6) is -0.382. The van der Waals surface area contributed by atoms with E-state index in [0.29, 0.717) is 28.4 Å². The highest BCUT2D eigenvalue weighted by molar-refractivity contribution is 6.33. The average molecular weight is 419 g/mol. The van der Waals surface area contributed by atoms with Crippen molar-refractivity contribution in [1.29, 1.82) is 0 Å². The molecule has 0 aliphatic carbocycles. The minimum absolute atomic E-state index is 0.0582. The molecule has 0 saturated carbocycles. The predicted molar refractivity (Wildman–Crippen MR) is 110 cm³/mol. The number of carbonyl (C=O) groups excluding carboxylic acids is 1. The van der Waals surface area contributed by atoms with E-state index >= 15 is 4.39 Å². The van der Waals surface area contributed by atoms with Crippen LogP contribution < -0.4 is 5.32 Å². The summed E-state index contributed by atoms with van der Waals surface area (Å²) in [6.07, 6.45) is -0.0275. The Balaban J connectivity index is 1.43. The van der Waals surface area contributed by atoms with Crippen molar-refractivity contribution in [3.8, 4) is 11.1 Å². The molecule has 1 N–H and O–H groups in total. The zero-order chi connectivity index (χ0) is 20.8. The molecule has 2 saturated heterocycles. The Kier molecular flexibility index (Phi) is 5.17. The topological polar surface area (TPSA) is 54.1 Å². The molecule has 2 unspecified atom stereocenters. The third-order valence-corrected chi connectivity index (χ3v) is 5.39. The van der Waals surface area contributed by atoms with E-state index in [9.17, 15) is 4.79 Å². The maximum absolute atomic E-state index is 15.1. The average Bonchev–Trinajstić information content (AvgIpc) is 3.33. The molecule has 5 nitrogen and oxygen atoms in total. The molecule has 2 fully saturated rings. The van der Waals surface area contributed by atoms with Crippen LogP contribution in [0.5, 0.6) is 0 Å². The molecule has 2 aliphatic heterocycles. The van der Waals surface area contributed by atoms with Crippen molar-refractivity contribution in [3.05, 3.63) is 53.3 Å². The number of anilines is 1. The quantitative estimate of drug-likeness (QED) is 0.685. The maximum atomic E-state index is 15.1. The van der Waals surface area contributed by atoms with Gasteiger partial charge in [-0.1, -0.05) is 41.9 Å². The van der Waals surface area contributed by atoms with E-state index in [0.717, 1.165) is 6.42 Å². The molecule has 0 radical (unpaired) electrons. The van der Waals surface area contributed by atoms with E-state index in [1.54, 1.807) is 35.2 Å². The van der Waals surface area contributed by atoms with Crippen LogP contribution in [0.1, 0.15) is 27.2 Å². The monoisotopic (exact) mass is 418 g/mol. The second kappa shape index (κ2) is 7.50. The first-order chi connectivity index (χ1) is 13.7. The lowest BCUT2D eigenvalue weighted by Crippen LogP contribution is -2.55. The summed E-state index contributed by atoms with van der Waals surface area (Å²) in [6.45, 7) is 6.16. The molecule has 2 heterocycles. The van der Waals surface area contributed by atoms with Gasteiger partial charge in [0, 0.05) is 22.7 Å². The van der Waals surface area contributed by atoms with Gasteiger partial charge in [0.15, 0.2) is 12.0 Å². The number of hydrogen-bond donors (Lipinski definition) is 1. The Morgan fingerprint density at radius 2 is 1.93 bits per heavy atom.